The predicted octanol–water partition coefficient (Wildman–Crippen LogP) is 3.95. The Hall–Kier alpha value is -2.63. The predicted molar refractivity (Wildman–Crippen MR) is 133 cm³/mol. The molecule has 1 N–H and O–H groups in total. The van der Waals surface area contributed by atoms with Crippen molar-refractivity contribution in [3.8, 4) is 5.75 Å². The summed E-state index contributed by atoms with van der Waals surface area (Å²) in [4.78, 5) is 14.9. The maximum absolute atomic E-state index is 14.2. The highest BCUT2D eigenvalue weighted by Gasteiger charge is 2.40. The van der Waals surface area contributed by atoms with Gasteiger partial charge in [0, 0.05) is 55.7 Å². The standard InChI is InChI=1S/C25H35F3N6O2/c1-16(13-33(5)17(2)14-32(3)4)19-12-20-22(23(30-19)25(26,27)28)36-15-18-21(6-7-29-24(18)31-20)34-8-10-35-11-9-34/h6-7,12,16-17H,8-11,13-15H2,1-5H3,(H,29,31). The van der Waals surface area contributed by atoms with Crippen molar-refractivity contribution in [1.29, 1.82) is 0 Å². The second-order valence-corrected chi connectivity index (χ2v) is 9.89. The molecule has 0 saturated carbocycles. The van der Waals surface area contributed by atoms with Crippen LogP contribution in [0.3, 0.4) is 0 Å². The zero-order valence-electron chi connectivity index (χ0n) is 21.5. The number of hydrogen-bond donors (Lipinski definition) is 1. The number of morpholine rings is 1. The Morgan fingerprint density at radius 1 is 1.14 bits per heavy atom. The van der Waals surface area contributed by atoms with Gasteiger partial charge in [0.05, 0.1) is 24.5 Å². The summed E-state index contributed by atoms with van der Waals surface area (Å²) in [6.45, 7) is 7.94. The summed E-state index contributed by atoms with van der Waals surface area (Å²) in [7, 11) is 5.98. The fourth-order valence-electron chi connectivity index (χ4n) is 4.71. The third kappa shape index (κ3) is 5.84. The van der Waals surface area contributed by atoms with Crippen molar-refractivity contribution in [1.82, 2.24) is 19.8 Å². The Labute approximate surface area is 210 Å². The Morgan fingerprint density at radius 3 is 2.53 bits per heavy atom. The molecule has 4 rings (SSSR count). The number of anilines is 3. The van der Waals surface area contributed by atoms with E-state index < -0.39 is 11.9 Å². The largest absolute Gasteiger partial charge is 0.484 e. The third-order valence-corrected chi connectivity index (χ3v) is 6.71. The molecule has 2 aromatic heterocycles. The SMILES string of the molecule is CC(CN(C)C(C)CN(C)C)c1cc2c(c(C(F)(F)F)n1)OCc1c(N3CCOCC3)ccnc1N2. The van der Waals surface area contributed by atoms with E-state index in [1.807, 2.05) is 34.1 Å². The highest BCUT2D eigenvalue weighted by molar-refractivity contribution is 5.74. The maximum atomic E-state index is 14.2. The Balaban J connectivity index is 1.67. The first-order valence-corrected chi connectivity index (χ1v) is 12.2. The van der Waals surface area contributed by atoms with Gasteiger partial charge in [0.1, 0.15) is 12.4 Å². The highest BCUT2D eigenvalue weighted by Crippen LogP contribution is 2.44. The van der Waals surface area contributed by atoms with Gasteiger partial charge in [0.15, 0.2) is 11.4 Å². The minimum Gasteiger partial charge on any atom is -0.484 e. The van der Waals surface area contributed by atoms with Crippen molar-refractivity contribution in [2.75, 3.05) is 70.8 Å². The van der Waals surface area contributed by atoms with Crippen LogP contribution >= 0.6 is 0 Å². The fourth-order valence-corrected chi connectivity index (χ4v) is 4.71. The molecule has 2 unspecified atom stereocenters. The number of aromatic nitrogens is 2. The van der Waals surface area contributed by atoms with Crippen LogP contribution in [-0.4, -0.2) is 86.3 Å². The van der Waals surface area contributed by atoms with E-state index in [0.717, 1.165) is 17.8 Å². The fraction of sp³-hybridized carbons (Fsp3) is 0.600. The quantitative estimate of drug-likeness (QED) is 0.603. The van der Waals surface area contributed by atoms with Gasteiger partial charge >= 0.3 is 6.18 Å². The van der Waals surface area contributed by atoms with Crippen LogP contribution in [0.4, 0.5) is 30.4 Å². The number of halogens is 3. The monoisotopic (exact) mass is 508 g/mol. The minimum atomic E-state index is -4.66. The van der Waals surface area contributed by atoms with Crippen LogP contribution in [0.1, 0.15) is 36.7 Å². The Kier molecular flexibility index (Phi) is 7.91. The van der Waals surface area contributed by atoms with Crippen LogP contribution in [0.25, 0.3) is 0 Å². The van der Waals surface area contributed by atoms with Crippen molar-refractivity contribution in [2.45, 2.75) is 38.6 Å². The van der Waals surface area contributed by atoms with Crippen molar-refractivity contribution < 1.29 is 22.6 Å². The van der Waals surface area contributed by atoms with Gasteiger partial charge in [-0.3, -0.25) is 0 Å². The topological polar surface area (TPSA) is 66.0 Å². The summed E-state index contributed by atoms with van der Waals surface area (Å²) >= 11 is 0. The summed E-state index contributed by atoms with van der Waals surface area (Å²) in [6.07, 6.45) is -3.00. The molecule has 4 heterocycles. The number of ether oxygens (including phenoxy) is 2. The van der Waals surface area contributed by atoms with Crippen molar-refractivity contribution in [3.63, 3.8) is 0 Å². The molecule has 2 aliphatic rings. The van der Waals surface area contributed by atoms with Crippen molar-refractivity contribution >= 4 is 17.2 Å². The van der Waals surface area contributed by atoms with Gasteiger partial charge in [0.2, 0.25) is 0 Å². The van der Waals surface area contributed by atoms with Crippen LogP contribution in [-0.2, 0) is 17.5 Å². The molecule has 2 aliphatic heterocycles. The smallest absolute Gasteiger partial charge is 0.437 e. The van der Waals surface area contributed by atoms with Crippen molar-refractivity contribution in [2.24, 2.45) is 0 Å². The molecule has 0 amide bonds. The van der Waals surface area contributed by atoms with E-state index >= 15 is 0 Å². The summed E-state index contributed by atoms with van der Waals surface area (Å²) in [6, 6.07) is 3.77. The van der Waals surface area contributed by atoms with Gasteiger partial charge in [-0.05, 0) is 40.2 Å². The molecule has 0 aromatic carbocycles. The average molecular weight is 509 g/mol. The van der Waals surface area contributed by atoms with E-state index in [1.54, 1.807) is 12.3 Å². The van der Waals surface area contributed by atoms with E-state index in [9.17, 15) is 13.2 Å². The van der Waals surface area contributed by atoms with Gasteiger partial charge < -0.3 is 29.5 Å². The molecular weight excluding hydrogens is 473 g/mol. The van der Waals surface area contributed by atoms with Crippen LogP contribution in [0.2, 0.25) is 0 Å². The summed E-state index contributed by atoms with van der Waals surface area (Å²) < 4.78 is 53.7. The van der Waals surface area contributed by atoms with Crippen LogP contribution in [0.15, 0.2) is 18.3 Å². The first-order valence-electron chi connectivity index (χ1n) is 12.2. The molecule has 0 spiro atoms. The van der Waals surface area contributed by atoms with E-state index in [4.69, 9.17) is 9.47 Å². The maximum Gasteiger partial charge on any atom is 0.437 e. The van der Waals surface area contributed by atoms with E-state index in [0.29, 0.717) is 44.4 Å². The van der Waals surface area contributed by atoms with Gasteiger partial charge in [-0.2, -0.15) is 13.2 Å². The molecule has 2 aromatic rings. The molecule has 36 heavy (non-hydrogen) atoms. The normalized spacial score (nSPS) is 17.7. The molecule has 0 aliphatic carbocycles. The third-order valence-electron chi connectivity index (χ3n) is 6.71. The molecule has 0 radical (unpaired) electrons. The van der Waals surface area contributed by atoms with Crippen molar-refractivity contribution in [3.05, 3.63) is 35.3 Å². The number of rotatable bonds is 7. The zero-order chi connectivity index (χ0) is 26.0. The molecule has 0 bridgehead atoms. The molecule has 8 nitrogen and oxygen atoms in total. The van der Waals surface area contributed by atoms with Gasteiger partial charge in [-0.1, -0.05) is 6.92 Å². The number of likely N-dealkylation sites (N-methyl/N-ethyl adjacent to an activating group) is 2. The average Bonchev–Trinajstić information content (AvgIpc) is 3.01. The zero-order valence-corrected chi connectivity index (χ0v) is 21.5. The molecule has 2 atom stereocenters. The number of fused-ring (bicyclic) bond motifs is 2. The highest BCUT2D eigenvalue weighted by atomic mass is 19.4. The van der Waals surface area contributed by atoms with E-state index in [-0.39, 0.29) is 30.0 Å². The van der Waals surface area contributed by atoms with Gasteiger partial charge in [0.25, 0.3) is 0 Å². The first kappa shape index (κ1) is 26.4. The molecule has 198 valence electrons. The minimum absolute atomic E-state index is 0.0414. The summed E-state index contributed by atoms with van der Waals surface area (Å²) in [5.41, 5.74) is 1.17. The number of nitrogens with one attached hydrogen (secondary N) is 1. The number of nitrogens with zero attached hydrogens (tertiary/aromatic N) is 5. The second kappa shape index (κ2) is 10.8. The lowest BCUT2D eigenvalue weighted by molar-refractivity contribution is -0.142. The lowest BCUT2D eigenvalue weighted by Crippen LogP contribution is -2.39. The van der Waals surface area contributed by atoms with Gasteiger partial charge in [-0.25, -0.2) is 9.97 Å². The molecular formula is C25H35F3N6O2. The molecule has 1 saturated heterocycles. The number of pyridine rings is 2. The molecule has 1 fully saturated rings. The van der Waals surface area contributed by atoms with E-state index in [2.05, 4.69) is 36.9 Å². The number of alkyl halides is 3. The van der Waals surface area contributed by atoms with E-state index in [1.165, 1.54) is 0 Å². The Bertz CT molecular complexity index is 1060. The van der Waals surface area contributed by atoms with Crippen LogP contribution in [0, 0.1) is 0 Å². The molecule has 11 heteroatoms. The number of hydrogen-bond acceptors (Lipinski definition) is 8. The Morgan fingerprint density at radius 2 is 1.86 bits per heavy atom. The lowest BCUT2D eigenvalue weighted by Gasteiger charge is -2.30. The summed E-state index contributed by atoms with van der Waals surface area (Å²) in [5.74, 6) is -0.0331. The van der Waals surface area contributed by atoms with Gasteiger partial charge in [-0.15, -0.1) is 0 Å². The first-order chi connectivity index (χ1) is 17.0. The lowest BCUT2D eigenvalue weighted by atomic mass is 10.0. The van der Waals surface area contributed by atoms with Crippen LogP contribution in [0.5, 0.6) is 5.75 Å². The van der Waals surface area contributed by atoms with Crippen LogP contribution < -0.4 is 15.0 Å². The second-order valence-electron chi connectivity index (χ2n) is 9.89. The summed E-state index contributed by atoms with van der Waals surface area (Å²) in [5, 5.41) is 3.14.